The molecule has 35 heavy (non-hydrogen) atoms. The minimum Gasteiger partial charge on any atom is -0.378 e. The quantitative estimate of drug-likeness (QED) is 0.0944. The van der Waals surface area contributed by atoms with Gasteiger partial charge in [-0.3, -0.25) is 19.2 Å². The molecule has 2 heterocycles. The average Bonchev–Trinajstić information content (AvgIpc) is 3.40. The third-order valence-electron chi connectivity index (χ3n) is 5.78. The van der Waals surface area contributed by atoms with Crippen LogP contribution >= 0.6 is 23.4 Å². The molecular formula is C23H29ClN4O6S. The molecule has 4 N–H and O–H groups in total. The SMILES string of the molecule is O=CC(=O)c1ccc(Cl)c(C(=O)NCCOCCNC(=O)CCCCC2SCC3NC(=O)NC32)c1. The van der Waals surface area contributed by atoms with E-state index in [4.69, 9.17) is 16.3 Å². The smallest absolute Gasteiger partial charge is 0.315 e. The molecule has 0 saturated carbocycles. The molecule has 0 aliphatic carbocycles. The van der Waals surface area contributed by atoms with E-state index in [9.17, 15) is 24.0 Å². The van der Waals surface area contributed by atoms with Gasteiger partial charge in [-0.05, 0) is 31.0 Å². The summed E-state index contributed by atoms with van der Waals surface area (Å²) in [5.41, 5.74) is 0.190. The van der Waals surface area contributed by atoms with Crippen molar-refractivity contribution in [2.45, 2.75) is 43.0 Å². The zero-order valence-electron chi connectivity index (χ0n) is 19.1. The van der Waals surface area contributed by atoms with Crippen LogP contribution in [0.15, 0.2) is 18.2 Å². The predicted octanol–water partition coefficient (Wildman–Crippen LogP) is 1.31. The van der Waals surface area contributed by atoms with Crippen LogP contribution in [0.3, 0.4) is 0 Å². The lowest BCUT2D eigenvalue weighted by atomic mass is 10.0. The van der Waals surface area contributed by atoms with Crippen LogP contribution in [0, 0.1) is 0 Å². The van der Waals surface area contributed by atoms with Crippen LogP contribution in [0.1, 0.15) is 46.4 Å². The lowest BCUT2D eigenvalue weighted by Gasteiger charge is -2.16. The third kappa shape index (κ3) is 7.94. The van der Waals surface area contributed by atoms with Gasteiger partial charge in [0.25, 0.3) is 5.91 Å². The van der Waals surface area contributed by atoms with Crippen LogP contribution in [0.2, 0.25) is 5.02 Å². The van der Waals surface area contributed by atoms with Crippen molar-refractivity contribution in [1.82, 2.24) is 21.3 Å². The van der Waals surface area contributed by atoms with Crippen molar-refractivity contribution in [3.63, 3.8) is 0 Å². The van der Waals surface area contributed by atoms with Crippen molar-refractivity contribution in [1.29, 1.82) is 0 Å². The molecular weight excluding hydrogens is 496 g/mol. The number of unbranched alkanes of at least 4 members (excludes halogenated alkanes) is 1. The van der Waals surface area contributed by atoms with Gasteiger partial charge in [-0.1, -0.05) is 18.0 Å². The number of aldehydes is 1. The topological polar surface area (TPSA) is 143 Å². The van der Waals surface area contributed by atoms with Crippen LogP contribution < -0.4 is 21.3 Å². The van der Waals surface area contributed by atoms with Gasteiger partial charge in [0, 0.05) is 36.1 Å². The van der Waals surface area contributed by atoms with Crippen LogP contribution in [0.5, 0.6) is 0 Å². The Balaban J connectivity index is 1.20. The molecule has 2 fully saturated rings. The molecule has 0 aromatic heterocycles. The summed E-state index contributed by atoms with van der Waals surface area (Å²) in [5.74, 6) is -0.315. The highest BCUT2D eigenvalue weighted by Crippen LogP contribution is 2.33. The zero-order chi connectivity index (χ0) is 25.2. The molecule has 2 aliphatic heterocycles. The second-order valence-electron chi connectivity index (χ2n) is 8.26. The maximum Gasteiger partial charge on any atom is 0.315 e. The van der Waals surface area contributed by atoms with E-state index in [0.29, 0.717) is 24.8 Å². The first-order chi connectivity index (χ1) is 16.9. The van der Waals surface area contributed by atoms with E-state index in [1.165, 1.54) is 18.2 Å². The van der Waals surface area contributed by atoms with Crippen LogP contribution in [-0.2, 0) is 14.3 Å². The van der Waals surface area contributed by atoms with Gasteiger partial charge in [-0.2, -0.15) is 11.8 Å². The maximum absolute atomic E-state index is 12.3. The molecule has 3 atom stereocenters. The number of Topliss-reactive ketones (excluding diaryl/α,β-unsaturated/α-hetero) is 1. The van der Waals surface area contributed by atoms with E-state index in [-0.39, 0.29) is 59.6 Å². The Kier molecular flexibility index (Phi) is 10.4. The van der Waals surface area contributed by atoms with E-state index in [1.807, 2.05) is 11.8 Å². The van der Waals surface area contributed by atoms with Gasteiger partial charge in [0.1, 0.15) is 0 Å². The molecule has 3 unspecified atom stereocenters. The number of carbonyl (C=O) groups excluding carboxylic acids is 5. The lowest BCUT2D eigenvalue weighted by molar-refractivity contribution is -0.121. The van der Waals surface area contributed by atoms with Gasteiger partial charge in [-0.15, -0.1) is 0 Å². The Morgan fingerprint density at radius 3 is 2.69 bits per heavy atom. The Morgan fingerprint density at radius 1 is 1.14 bits per heavy atom. The molecule has 1 aromatic carbocycles. The number of halogens is 1. The van der Waals surface area contributed by atoms with E-state index in [1.54, 1.807) is 0 Å². The normalized spacial score (nSPS) is 20.5. The largest absolute Gasteiger partial charge is 0.378 e. The van der Waals surface area contributed by atoms with Gasteiger partial charge in [0.2, 0.25) is 11.7 Å². The van der Waals surface area contributed by atoms with Crippen LogP contribution in [-0.4, -0.2) is 79.3 Å². The Bertz CT molecular complexity index is 962. The summed E-state index contributed by atoms with van der Waals surface area (Å²) in [5, 5.41) is 11.9. The van der Waals surface area contributed by atoms with E-state index in [0.717, 1.165) is 25.0 Å². The number of carbonyl (C=O) groups is 5. The number of hydrogen-bond donors (Lipinski definition) is 4. The molecule has 2 saturated heterocycles. The molecule has 3 rings (SSSR count). The summed E-state index contributed by atoms with van der Waals surface area (Å²) in [6.45, 7) is 1.12. The highest BCUT2D eigenvalue weighted by atomic mass is 35.5. The standard InChI is InChI=1S/C23H29ClN4O6S/c24-16-6-5-14(18(30)12-29)11-15(16)22(32)26-8-10-34-9-7-25-20(31)4-2-1-3-19-21-17(13-35-19)27-23(33)28-21/h5-6,11-12,17,19,21H,1-4,7-10,13H2,(H,25,31)(H,26,32)(H2,27,28,33). The number of hydrogen-bond acceptors (Lipinski definition) is 7. The minimum atomic E-state index is -0.733. The number of ether oxygens (including phenoxy) is 1. The molecule has 10 nitrogen and oxygen atoms in total. The second kappa shape index (κ2) is 13.5. The van der Waals surface area contributed by atoms with Gasteiger partial charge in [0.05, 0.1) is 35.9 Å². The van der Waals surface area contributed by atoms with E-state index >= 15 is 0 Å². The number of rotatable bonds is 14. The van der Waals surface area contributed by atoms with Crippen molar-refractivity contribution in [2.24, 2.45) is 0 Å². The summed E-state index contributed by atoms with van der Waals surface area (Å²) < 4.78 is 5.42. The van der Waals surface area contributed by atoms with Crippen molar-refractivity contribution >= 4 is 53.3 Å². The Morgan fingerprint density at radius 2 is 1.91 bits per heavy atom. The highest BCUT2D eigenvalue weighted by molar-refractivity contribution is 8.00. The Labute approximate surface area is 212 Å². The summed E-state index contributed by atoms with van der Waals surface area (Å²) in [6.07, 6.45) is 3.31. The van der Waals surface area contributed by atoms with Gasteiger partial charge < -0.3 is 26.0 Å². The maximum atomic E-state index is 12.3. The Hall–Kier alpha value is -2.63. The molecule has 2 aliphatic rings. The fourth-order valence-corrected chi connectivity index (χ4v) is 5.73. The van der Waals surface area contributed by atoms with Crippen molar-refractivity contribution in [3.8, 4) is 0 Å². The third-order valence-corrected chi connectivity index (χ3v) is 7.62. The highest BCUT2D eigenvalue weighted by Gasteiger charge is 2.42. The van der Waals surface area contributed by atoms with Crippen molar-refractivity contribution in [2.75, 3.05) is 32.1 Å². The van der Waals surface area contributed by atoms with Crippen molar-refractivity contribution in [3.05, 3.63) is 34.3 Å². The monoisotopic (exact) mass is 524 g/mol. The van der Waals surface area contributed by atoms with Crippen LogP contribution in [0.4, 0.5) is 4.79 Å². The number of nitrogens with one attached hydrogen (secondary N) is 4. The average molecular weight is 525 g/mol. The molecule has 190 valence electrons. The second-order valence-corrected chi connectivity index (χ2v) is 9.94. The van der Waals surface area contributed by atoms with Gasteiger partial charge >= 0.3 is 6.03 Å². The summed E-state index contributed by atoms with van der Waals surface area (Å²) in [4.78, 5) is 57.7. The molecule has 1 aromatic rings. The first kappa shape index (κ1) is 27.0. The summed E-state index contributed by atoms with van der Waals surface area (Å²) >= 11 is 7.87. The number of ketones is 1. The first-order valence-corrected chi connectivity index (χ1v) is 12.9. The minimum absolute atomic E-state index is 0.0333. The number of amides is 4. The molecule has 4 amide bonds. The zero-order valence-corrected chi connectivity index (χ0v) is 20.7. The molecule has 0 bridgehead atoms. The van der Waals surface area contributed by atoms with E-state index < -0.39 is 11.7 Å². The summed E-state index contributed by atoms with van der Waals surface area (Å²) in [6, 6.07) is 4.37. The number of urea groups is 1. The van der Waals surface area contributed by atoms with E-state index in [2.05, 4.69) is 21.3 Å². The fourth-order valence-electron chi connectivity index (χ4n) is 3.98. The molecule has 12 heteroatoms. The van der Waals surface area contributed by atoms with Crippen LogP contribution in [0.25, 0.3) is 0 Å². The van der Waals surface area contributed by atoms with Gasteiger partial charge in [-0.25, -0.2) is 4.79 Å². The van der Waals surface area contributed by atoms with Gasteiger partial charge in [0.15, 0.2) is 6.29 Å². The first-order valence-electron chi connectivity index (χ1n) is 11.5. The molecule has 0 radical (unpaired) electrons. The molecule has 0 spiro atoms. The number of thioether (sulfide) groups is 1. The predicted molar refractivity (Wildman–Crippen MR) is 132 cm³/mol. The summed E-state index contributed by atoms with van der Waals surface area (Å²) in [7, 11) is 0. The lowest BCUT2D eigenvalue weighted by Crippen LogP contribution is -2.36. The number of fused-ring (bicyclic) bond motifs is 1. The number of benzene rings is 1. The van der Waals surface area contributed by atoms with Crippen molar-refractivity contribution < 1.29 is 28.7 Å². The fraction of sp³-hybridized carbons (Fsp3) is 0.522.